The summed E-state index contributed by atoms with van der Waals surface area (Å²) in [4.78, 5) is 9.10. The Balaban J connectivity index is 1.63. The van der Waals surface area contributed by atoms with Gasteiger partial charge in [0.1, 0.15) is 4.64 Å². The number of fused-ring (bicyclic) bond motifs is 1. The Morgan fingerprint density at radius 2 is 2.08 bits per heavy atom. The Bertz CT molecular complexity index is 914. The molecule has 2 aromatic heterocycles. The number of likely N-dealkylation sites (tertiary alicyclic amines) is 1. The molecule has 0 saturated carbocycles. The molecule has 24 heavy (non-hydrogen) atoms. The molecule has 3 aromatic rings. The molecule has 0 radical (unpaired) electrons. The number of aliphatic hydroxyl groups is 1. The van der Waals surface area contributed by atoms with Crippen molar-refractivity contribution >= 4 is 23.1 Å². The van der Waals surface area contributed by atoms with Crippen molar-refractivity contribution in [3.05, 3.63) is 52.8 Å². The predicted octanol–water partition coefficient (Wildman–Crippen LogP) is 3.85. The summed E-state index contributed by atoms with van der Waals surface area (Å²) in [6.45, 7) is 2.17. The highest BCUT2D eigenvalue weighted by Crippen LogP contribution is 2.25. The zero-order valence-electron chi connectivity index (χ0n) is 13.5. The lowest BCUT2D eigenvalue weighted by atomic mass is 10.1. The number of benzene rings is 1. The minimum atomic E-state index is 0.248. The number of hydrogen-bond acceptors (Lipinski definition) is 3. The topological polar surface area (TPSA) is 55.0 Å². The van der Waals surface area contributed by atoms with E-state index < -0.39 is 0 Å². The van der Waals surface area contributed by atoms with E-state index in [1.807, 2.05) is 18.2 Å². The first kappa shape index (κ1) is 15.6. The molecule has 4 rings (SSSR count). The molecular formula is C19H21N3OS. The van der Waals surface area contributed by atoms with Gasteiger partial charge in [-0.1, -0.05) is 24.4 Å². The number of aromatic nitrogens is 2. The van der Waals surface area contributed by atoms with Crippen LogP contribution in [0.25, 0.3) is 22.2 Å². The molecule has 3 N–H and O–H groups in total. The number of hydrogen-bond donors (Lipinski definition) is 3. The Kier molecular flexibility index (Phi) is 4.22. The molecule has 1 aromatic carbocycles. The third kappa shape index (κ3) is 3.02. The lowest BCUT2D eigenvalue weighted by molar-refractivity contribution is 0.152. The molecule has 3 heterocycles. The van der Waals surface area contributed by atoms with Crippen LogP contribution in [0.15, 0.2) is 42.5 Å². The predicted molar refractivity (Wildman–Crippen MR) is 99.4 cm³/mol. The van der Waals surface area contributed by atoms with Gasteiger partial charge >= 0.3 is 0 Å². The van der Waals surface area contributed by atoms with Crippen molar-refractivity contribution in [2.24, 2.45) is 0 Å². The molecule has 124 valence electrons. The molecule has 4 nitrogen and oxygen atoms in total. The van der Waals surface area contributed by atoms with Crippen LogP contribution in [0.4, 0.5) is 0 Å². The number of aromatic amines is 2. The molecule has 0 bridgehead atoms. The van der Waals surface area contributed by atoms with Gasteiger partial charge in [0.05, 0.1) is 6.61 Å². The van der Waals surface area contributed by atoms with E-state index in [0.29, 0.717) is 6.04 Å². The van der Waals surface area contributed by atoms with Crippen molar-refractivity contribution in [3.63, 3.8) is 0 Å². The van der Waals surface area contributed by atoms with Crippen LogP contribution >= 0.6 is 12.2 Å². The van der Waals surface area contributed by atoms with Crippen molar-refractivity contribution in [1.82, 2.24) is 14.9 Å². The lowest BCUT2D eigenvalue weighted by Gasteiger charge is -2.21. The van der Waals surface area contributed by atoms with Crippen molar-refractivity contribution in [3.8, 4) is 11.3 Å². The molecule has 0 spiro atoms. The van der Waals surface area contributed by atoms with Gasteiger partial charge in [-0.15, -0.1) is 0 Å². The monoisotopic (exact) mass is 339 g/mol. The van der Waals surface area contributed by atoms with Gasteiger partial charge in [0, 0.05) is 34.9 Å². The Morgan fingerprint density at radius 1 is 1.17 bits per heavy atom. The number of aliphatic hydroxyl groups excluding tert-OH is 1. The zero-order chi connectivity index (χ0) is 16.5. The average Bonchev–Trinajstić information content (AvgIpc) is 3.20. The second kappa shape index (κ2) is 6.51. The third-order valence-corrected chi connectivity index (χ3v) is 5.08. The Hall–Kier alpha value is -1.95. The van der Waals surface area contributed by atoms with Gasteiger partial charge in [0.25, 0.3) is 0 Å². The molecular weight excluding hydrogens is 318 g/mol. The summed E-state index contributed by atoms with van der Waals surface area (Å²) >= 11 is 5.21. The zero-order valence-corrected chi connectivity index (χ0v) is 14.3. The van der Waals surface area contributed by atoms with E-state index >= 15 is 0 Å². The largest absolute Gasteiger partial charge is 0.395 e. The smallest absolute Gasteiger partial charge is 0.103 e. The normalized spacial score (nSPS) is 18.5. The number of nitrogens with one attached hydrogen (secondary N) is 2. The molecule has 1 aliphatic heterocycles. The summed E-state index contributed by atoms with van der Waals surface area (Å²) in [5.74, 6) is 0. The van der Waals surface area contributed by atoms with Crippen molar-refractivity contribution in [2.45, 2.75) is 25.4 Å². The Morgan fingerprint density at radius 3 is 2.92 bits per heavy atom. The number of pyridine rings is 1. The molecule has 0 amide bonds. The summed E-state index contributed by atoms with van der Waals surface area (Å²) in [5.41, 5.74) is 4.51. The van der Waals surface area contributed by atoms with E-state index in [0.717, 1.165) is 40.9 Å². The summed E-state index contributed by atoms with van der Waals surface area (Å²) in [7, 11) is 0. The quantitative estimate of drug-likeness (QED) is 0.633. The fourth-order valence-electron chi connectivity index (χ4n) is 3.59. The molecule has 1 saturated heterocycles. The van der Waals surface area contributed by atoms with Crippen molar-refractivity contribution in [1.29, 1.82) is 0 Å². The van der Waals surface area contributed by atoms with Crippen LogP contribution in [-0.4, -0.2) is 39.2 Å². The minimum absolute atomic E-state index is 0.248. The lowest BCUT2D eigenvalue weighted by Crippen LogP contribution is -2.31. The van der Waals surface area contributed by atoms with Gasteiger partial charge < -0.3 is 15.1 Å². The number of rotatable bonds is 4. The van der Waals surface area contributed by atoms with Crippen molar-refractivity contribution < 1.29 is 5.11 Å². The first-order chi connectivity index (χ1) is 11.7. The van der Waals surface area contributed by atoms with Crippen LogP contribution < -0.4 is 0 Å². The van der Waals surface area contributed by atoms with Gasteiger partial charge in [0.2, 0.25) is 0 Å². The summed E-state index contributed by atoms with van der Waals surface area (Å²) in [6.07, 6.45) is 2.26. The van der Waals surface area contributed by atoms with Gasteiger partial charge in [-0.05, 0) is 55.3 Å². The van der Waals surface area contributed by atoms with E-state index in [4.69, 9.17) is 12.2 Å². The molecule has 1 fully saturated rings. The van der Waals surface area contributed by atoms with E-state index in [2.05, 4.69) is 39.1 Å². The van der Waals surface area contributed by atoms with Crippen LogP contribution in [0, 0.1) is 4.64 Å². The maximum absolute atomic E-state index is 9.48. The van der Waals surface area contributed by atoms with Gasteiger partial charge in [-0.3, -0.25) is 4.90 Å². The highest BCUT2D eigenvalue weighted by atomic mass is 32.1. The molecule has 1 unspecified atom stereocenters. The van der Waals surface area contributed by atoms with Crippen LogP contribution in [0.1, 0.15) is 18.5 Å². The van der Waals surface area contributed by atoms with Crippen molar-refractivity contribution in [2.75, 3.05) is 13.2 Å². The van der Waals surface area contributed by atoms with E-state index in [1.54, 1.807) is 0 Å². The highest BCUT2D eigenvalue weighted by molar-refractivity contribution is 7.71. The standard InChI is InChI=1S/C19H21N3OS/c23-12-16-3-2-8-22(16)11-15-10-14-9-13(6-7-18(14)20-15)17-4-1-5-19(24)21-17/h1,4-7,9-10,16,20,23H,2-3,8,11-12H2,(H,21,24). The second-order valence-corrected chi connectivity index (χ2v) is 6.91. The summed E-state index contributed by atoms with van der Waals surface area (Å²) in [6, 6.07) is 14.8. The van der Waals surface area contributed by atoms with Crippen LogP contribution in [0.2, 0.25) is 0 Å². The summed E-state index contributed by atoms with van der Waals surface area (Å²) < 4.78 is 0.742. The van der Waals surface area contributed by atoms with E-state index in [1.165, 1.54) is 17.5 Å². The number of H-pyrrole nitrogens is 2. The molecule has 1 aliphatic rings. The first-order valence-electron chi connectivity index (χ1n) is 8.39. The Labute approximate surface area is 146 Å². The fourth-order valence-corrected chi connectivity index (χ4v) is 3.78. The average molecular weight is 339 g/mol. The summed E-state index contributed by atoms with van der Waals surface area (Å²) in [5, 5.41) is 10.7. The minimum Gasteiger partial charge on any atom is -0.395 e. The SMILES string of the molecule is OCC1CCCN1Cc1cc2cc(-c3cccc(=S)[nH]3)ccc2[nH]1. The fraction of sp³-hybridized carbons (Fsp3) is 0.316. The van der Waals surface area contributed by atoms with Crippen LogP contribution in [0.3, 0.4) is 0 Å². The van der Waals surface area contributed by atoms with Gasteiger partial charge in [-0.2, -0.15) is 0 Å². The van der Waals surface area contributed by atoms with Gasteiger partial charge in [-0.25, -0.2) is 0 Å². The highest BCUT2D eigenvalue weighted by Gasteiger charge is 2.23. The van der Waals surface area contributed by atoms with E-state index in [9.17, 15) is 5.11 Å². The third-order valence-electron chi connectivity index (χ3n) is 4.84. The molecule has 5 heteroatoms. The van der Waals surface area contributed by atoms with Crippen LogP contribution in [-0.2, 0) is 6.54 Å². The maximum Gasteiger partial charge on any atom is 0.103 e. The molecule has 0 aliphatic carbocycles. The van der Waals surface area contributed by atoms with Crippen LogP contribution in [0.5, 0.6) is 0 Å². The molecule has 1 atom stereocenters. The number of nitrogens with zero attached hydrogens (tertiary/aromatic N) is 1. The van der Waals surface area contributed by atoms with Gasteiger partial charge in [0.15, 0.2) is 0 Å². The van der Waals surface area contributed by atoms with E-state index in [-0.39, 0.29) is 6.61 Å². The second-order valence-electron chi connectivity index (χ2n) is 6.47. The maximum atomic E-state index is 9.48. The first-order valence-corrected chi connectivity index (χ1v) is 8.80.